The van der Waals surface area contributed by atoms with Crippen molar-refractivity contribution in [3.8, 4) is 0 Å². The van der Waals surface area contributed by atoms with E-state index in [2.05, 4.69) is 27.7 Å². The largest absolute Gasteiger partial charge is 0.382 e. The van der Waals surface area contributed by atoms with Crippen LogP contribution < -0.4 is 10.6 Å². The van der Waals surface area contributed by atoms with Crippen LogP contribution in [0.1, 0.15) is 24.3 Å². The summed E-state index contributed by atoms with van der Waals surface area (Å²) in [5, 5.41) is 6.34. The Morgan fingerprint density at radius 2 is 1.77 bits per heavy atom. The summed E-state index contributed by atoms with van der Waals surface area (Å²) in [6.07, 6.45) is 1.65. The van der Waals surface area contributed by atoms with Crippen LogP contribution in [0, 0.1) is 0 Å². The molecule has 2 atom stereocenters. The molecule has 1 amide bonds. The summed E-state index contributed by atoms with van der Waals surface area (Å²) < 4.78 is 15.9. The van der Waals surface area contributed by atoms with E-state index in [1.807, 2.05) is 18.2 Å². The Balaban J connectivity index is 0.00000450. The molecule has 2 rings (SSSR count). The smallest absolute Gasteiger partial charge is 0.220 e. The highest BCUT2D eigenvalue weighted by molar-refractivity contribution is 5.85. The maximum absolute atomic E-state index is 12.0. The zero-order valence-electron chi connectivity index (χ0n) is 18.7. The Morgan fingerprint density at radius 3 is 2.45 bits per heavy atom. The van der Waals surface area contributed by atoms with E-state index in [0.717, 1.165) is 32.6 Å². The standard InChI is InChI=1S/C22H37N3O4.2ClH/c1-23-22(26)16-20(19-6-4-3-5-7-19)17-25-10-8-21(18-25)24-9-11-28-14-15-29-13-12-27-2;;/h3-7,20-21,24H,8-18H2,1-2H3,(H,23,26);2*1H/t20-,21+;;/m1../s1. The van der Waals surface area contributed by atoms with E-state index in [4.69, 9.17) is 14.2 Å². The average molecular weight is 480 g/mol. The lowest BCUT2D eigenvalue weighted by Crippen LogP contribution is -2.36. The van der Waals surface area contributed by atoms with Crippen LogP contribution >= 0.6 is 24.8 Å². The topological polar surface area (TPSA) is 72.1 Å². The number of amides is 1. The van der Waals surface area contributed by atoms with E-state index < -0.39 is 0 Å². The summed E-state index contributed by atoms with van der Waals surface area (Å²) >= 11 is 0. The van der Waals surface area contributed by atoms with Crippen LogP contribution in [-0.2, 0) is 19.0 Å². The number of hydrogen-bond donors (Lipinski definition) is 2. The molecule has 180 valence electrons. The first-order valence-electron chi connectivity index (χ1n) is 10.6. The fraction of sp³-hybridized carbons (Fsp3) is 0.682. The third-order valence-electron chi connectivity index (χ3n) is 5.22. The highest BCUT2D eigenvalue weighted by atomic mass is 35.5. The Labute approximate surface area is 199 Å². The minimum absolute atomic E-state index is 0. The molecule has 0 radical (unpaired) electrons. The Bertz CT molecular complexity index is 569. The number of halogens is 2. The molecule has 0 bridgehead atoms. The lowest BCUT2D eigenvalue weighted by atomic mass is 9.95. The van der Waals surface area contributed by atoms with Gasteiger partial charge in [0.05, 0.1) is 33.0 Å². The molecule has 0 saturated carbocycles. The van der Waals surface area contributed by atoms with Crippen molar-refractivity contribution >= 4 is 30.7 Å². The molecule has 31 heavy (non-hydrogen) atoms. The molecule has 0 spiro atoms. The first kappa shape index (κ1) is 30.1. The van der Waals surface area contributed by atoms with Gasteiger partial charge >= 0.3 is 0 Å². The second-order valence-corrected chi connectivity index (χ2v) is 7.40. The molecular formula is C22H39Cl2N3O4. The van der Waals surface area contributed by atoms with Crippen LogP contribution in [0.2, 0.25) is 0 Å². The SMILES string of the molecule is CNC(=O)C[C@H](CN1CC[C@H](NCCOCCOCCOC)C1)c1ccccc1.Cl.Cl. The minimum Gasteiger partial charge on any atom is -0.382 e. The van der Waals surface area contributed by atoms with Crippen molar-refractivity contribution in [1.29, 1.82) is 0 Å². The monoisotopic (exact) mass is 479 g/mol. The Morgan fingerprint density at radius 1 is 1.10 bits per heavy atom. The second kappa shape index (κ2) is 18.6. The van der Waals surface area contributed by atoms with Gasteiger partial charge in [0.2, 0.25) is 5.91 Å². The van der Waals surface area contributed by atoms with Gasteiger partial charge in [-0.05, 0) is 18.5 Å². The van der Waals surface area contributed by atoms with Crippen LogP contribution in [0.25, 0.3) is 0 Å². The number of benzene rings is 1. The first-order valence-corrected chi connectivity index (χ1v) is 10.6. The van der Waals surface area contributed by atoms with Gasteiger partial charge in [-0.2, -0.15) is 0 Å². The third-order valence-corrected chi connectivity index (χ3v) is 5.22. The van der Waals surface area contributed by atoms with E-state index in [-0.39, 0.29) is 36.6 Å². The molecule has 2 N–H and O–H groups in total. The van der Waals surface area contributed by atoms with Gasteiger partial charge in [-0.1, -0.05) is 30.3 Å². The summed E-state index contributed by atoms with van der Waals surface area (Å²) in [7, 11) is 3.37. The normalized spacial score (nSPS) is 16.9. The minimum atomic E-state index is 0. The lowest BCUT2D eigenvalue weighted by molar-refractivity contribution is -0.121. The summed E-state index contributed by atoms with van der Waals surface area (Å²) in [6, 6.07) is 10.8. The zero-order chi connectivity index (χ0) is 20.7. The molecule has 7 nitrogen and oxygen atoms in total. The number of rotatable bonds is 15. The number of hydrogen-bond acceptors (Lipinski definition) is 6. The van der Waals surface area contributed by atoms with Crippen LogP contribution in [0.15, 0.2) is 30.3 Å². The molecular weight excluding hydrogens is 441 g/mol. The highest BCUT2D eigenvalue weighted by Crippen LogP contribution is 2.23. The lowest BCUT2D eigenvalue weighted by Gasteiger charge is -2.24. The highest BCUT2D eigenvalue weighted by Gasteiger charge is 2.25. The van der Waals surface area contributed by atoms with Gasteiger partial charge in [-0.25, -0.2) is 0 Å². The number of likely N-dealkylation sites (tertiary alicyclic amines) is 1. The Hall–Kier alpha value is -0.930. The van der Waals surface area contributed by atoms with Crippen LogP contribution in [0.5, 0.6) is 0 Å². The van der Waals surface area contributed by atoms with E-state index >= 15 is 0 Å². The number of methoxy groups -OCH3 is 1. The molecule has 0 aromatic heterocycles. The van der Waals surface area contributed by atoms with Crippen molar-refractivity contribution in [2.45, 2.75) is 24.8 Å². The summed E-state index contributed by atoms with van der Waals surface area (Å²) in [5.74, 6) is 0.312. The summed E-state index contributed by atoms with van der Waals surface area (Å²) in [4.78, 5) is 14.4. The fourth-order valence-corrected chi connectivity index (χ4v) is 3.62. The van der Waals surface area contributed by atoms with Gasteiger partial charge in [0.1, 0.15) is 0 Å². The number of nitrogens with zero attached hydrogens (tertiary/aromatic N) is 1. The number of carbonyl (C=O) groups is 1. The summed E-state index contributed by atoms with van der Waals surface area (Å²) in [6.45, 7) is 6.95. The maximum atomic E-state index is 12.0. The number of ether oxygens (including phenoxy) is 3. The van der Waals surface area contributed by atoms with Gasteiger partial charge in [-0.15, -0.1) is 24.8 Å². The number of nitrogens with one attached hydrogen (secondary N) is 2. The predicted molar refractivity (Wildman–Crippen MR) is 129 cm³/mol. The Kier molecular flexibility index (Phi) is 18.1. The fourth-order valence-electron chi connectivity index (χ4n) is 3.62. The van der Waals surface area contributed by atoms with Crippen molar-refractivity contribution in [3.63, 3.8) is 0 Å². The number of carbonyl (C=O) groups excluding carboxylic acids is 1. The predicted octanol–water partition coefficient (Wildman–Crippen LogP) is 2.09. The van der Waals surface area contributed by atoms with Crippen molar-refractivity contribution in [2.75, 3.05) is 73.4 Å². The maximum Gasteiger partial charge on any atom is 0.220 e. The summed E-state index contributed by atoms with van der Waals surface area (Å²) in [5.41, 5.74) is 1.23. The molecule has 1 heterocycles. The molecule has 0 unspecified atom stereocenters. The van der Waals surface area contributed by atoms with Crippen molar-refractivity contribution in [3.05, 3.63) is 35.9 Å². The third kappa shape index (κ3) is 12.6. The van der Waals surface area contributed by atoms with E-state index in [9.17, 15) is 4.79 Å². The average Bonchev–Trinajstić information content (AvgIpc) is 3.20. The van der Waals surface area contributed by atoms with Crippen LogP contribution in [0.3, 0.4) is 0 Å². The molecule has 1 aliphatic rings. The molecule has 1 aromatic rings. The van der Waals surface area contributed by atoms with Crippen molar-refractivity contribution in [1.82, 2.24) is 15.5 Å². The van der Waals surface area contributed by atoms with E-state index in [0.29, 0.717) is 45.5 Å². The van der Waals surface area contributed by atoms with E-state index in [1.165, 1.54) is 5.56 Å². The zero-order valence-corrected chi connectivity index (χ0v) is 20.3. The van der Waals surface area contributed by atoms with Gasteiger partial charge in [0, 0.05) is 52.2 Å². The van der Waals surface area contributed by atoms with Crippen molar-refractivity contribution < 1.29 is 19.0 Å². The quantitative estimate of drug-likeness (QED) is 0.375. The second-order valence-electron chi connectivity index (χ2n) is 7.40. The van der Waals surface area contributed by atoms with E-state index in [1.54, 1.807) is 14.2 Å². The molecule has 1 fully saturated rings. The molecule has 1 aromatic carbocycles. The molecule has 9 heteroatoms. The van der Waals surface area contributed by atoms with Gasteiger partial charge in [0.15, 0.2) is 0 Å². The molecule has 1 aliphatic heterocycles. The molecule has 1 saturated heterocycles. The van der Waals surface area contributed by atoms with Gasteiger partial charge in [-0.3, -0.25) is 4.79 Å². The van der Waals surface area contributed by atoms with Crippen LogP contribution in [-0.4, -0.2) is 90.2 Å². The first-order chi connectivity index (χ1) is 14.2. The molecule has 0 aliphatic carbocycles. The van der Waals surface area contributed by atoms with Crippen LogP contribution in [0.4, 0.5) is 0 Å². The van der Waals surface area contributed by atoms with Crippen molar-refractivity contribution in [2.24, 2.45) is 0 Å². The van der Waals surface area contributed by atoms with Gasteiger partial charge < -0.3 is 29.7 Å². The van der Waals surface area contributed by atoms with Gasteiger partial charge in [0.25, 0.3) is 0 Å².